The van der Waals surface area contributed by atoms with Crippen LogP contribution >= 0.6 is 11.6 Å². The molecule has 0 atom stereocenters. The number of fused-ring (bicyclic) bond motifs is 1. The van der Waals surface area contributed by atoms with Gasteiger partial charge in [0.25, 0.3) is 0 Å². The molecule has 1 aliphatic carbocycles. The molecule has 19 heavy (non-hydrogen) atoms. The molecular formula is C15H14ClN3. The van der Waals surface area contributed by atoms with Gasteiger partial charge in [0.15, 0.2) is 5.65 Å². The van der Waals surface area contributed by atoms with Gasteiger partial charge in [-0.25, -0.2) is 9.50 Å². The van der Waals surface area contributed by atoms with Crippen molar-refractivity contribution in [2.75, 3.05) is 0 Å². The summed E-state index contributed by atoms with van der Waals surface area (Å²) in [5, 5.41) is 4.30. The quantitative estimate of drug-likeness (QED) is 0.756. The molecule has 1 saturated carbocycles. The third-order valence-electron chi connectivity index (χ3n) is 4.30. The Morgan fingerprint density at radius 1 is 1.26 bits per heavy atom. The van der Waals surface area contributed by atoms with Gasteiger partial charge in [0.2, 0.25) is 0 Å². The minimum atomic E-state index is 0.0407. The average molecular weight is 272 g/mol. The number of aromatic nitrogens is 3. The van der Waals surface area contributed by atoms with Crippen molar-refractivity contribution in [3.63, 3.8) is 0 Å². The summed E-state index contributed by atoms with van der Waals surface area (Å²) in [6.07, 6.45) is 7.27. The first-order valence-corrected chi connectivity index (χ1v) is 6.95. The summed E-state index contributed by atoms with van der Waals surface area (Å²) >= 11 is 6.41. The molecule has 0 spiro atoms. The number of nitrogens with zero attached hydrogens (tertiary/aromatic N) is 2. The minimum absolute atomic E-state index is 0.0407. The molecule has 0 unspecified atom stereocenters. The number of hydrogen-bond donors (Lipinski definition) is 1. The second-order valence-corrected chi connectivity index (χ2v) is 5.65. The number of benzene rings is 1. The predicted octanol–water partition coefficient (Wildman–Crippen LogP) is 3.79. The minimum Gasteiger partial charge on any atom is -0.296 e. The van der Waals surface area contributed by atoms with Crippen molar-refractivity contribution in [3.8, 4) is 0 Å². The Bertz CT molecular complexity index is 708. The van der Waals surface area contributed by atoms with E-state index in [1.807, 2.05) is 22.8 Å². The molecule has 2 heterocycles. The first kappa shape index (κ1) is 11.1. The van der Waals surface area contributed by atoms with Gasteiger partial charge in [0.1, 0.15) is 0 Å². The average Bonchev–Trinajstić information content (AvgIpc) is 2.91. The van der Waals surface area contributed by atoms with Gasteiger partial charge in [-0.1, -0.05) is 36.2 Å². The van der Waals surface area contributed by atoms with Crippen molar-refractivity contribution in [1.82, 2.24) is 14.6 Å². The lowest BCUT2D eigenvalue weighted by atomic mass is 9.62. The molecule has 0 aliphatic heterocycles. The van der Waals surface area contributed by atoms with E-state index in [-0.39, 0.29) is 5.41 Å². The van der Waals surface area contributed by atoms with Gasteiger partial charge < -0.3 is 0 Å². The number of halogens is 1. The van der Waals surface area contributed by atoms with Crippen molar-refractivity contribution in [2.45, 2.75) is 24.7 Å². The lowest BCUT2D eigenvalue weighted by Gasteiger charge is -2.42. The maximum absolute atomic E-state index is 6.41. The zero-order chi connectivity index (χ0) is 12.9. The number of H-pyrrole nitrogens is 1. The molecule has 1 fully saturated rings. The van der Waals surface area contributed by atoms with Gasteiger partial charge in [-0.3, -0.25) is 5.10 Å². The lowest BCUT2D eigenvalue weighted by Crippen LogP contribution is -2.36. The van der Waals surface area contributed by atoms with E-state index >= 15 is 0 Å². The molecular weight excluding hydrogens is 258 g/mol. The molecule has 0 bridgehead atoms. The number of aromatic amines is 1. The zero-order valence-electron chi connectivity index (χ0n) is 10.4. The van der Waals surface area contributed by atoms with Crippen molar-refractivity contribution in [1.29, 1.82) is 0 Å². The van der Waals surface area contributed by atoms with E-state index in [9.17, 15) is 0 Å². The molecule has 1 aliphatic rings. The fourth-order valence-corrected chi connectivity index (χ4v) is 3.43. The van der Waals surface area contributed by atoms with Crippen LogP contribution in [0.1, 0.15) is 30.5 Å². The molecule has 1 aromatic carbocycles. The molecule has 96 valence electrons. The maximum atomic E-state index is 6.41. The van der Waals surface area contributed by atoms with Crippen LogP contribution in [0.4, 0.5) is 0 Å². The van der Waals surface area contributed by atoms with Gasteiger partial charge in [0.05, 0.1) is 0 Å². The summed E-state index contributed by atoms with van der Waals surface area (Å²) < 4.78 is 1.96. The molecule has 3 nitrogen and oxygen atoms in total. The second-order valence-electron chi connectivity index (χ2n) is 5.24. The molecule has 4 rings (SSSR count). The van der Waals surface area contributed by atoms with Crippen LogP contribution < -0.4 is 0 Å². The summed E-state index contributed by atoms with van der Waals surface area (Å²) in [6.45, 7) is 0. The van der Waals surface area contributed by atoms with Crippen LogP contribution in [0, 0.1) is 0 Å². The van der Waals surface area contributed by atoms with E-state index in [2.05, 4.69) is 28.3 Å². The summed E-state index contributed by atoms with van der Waals surface area (Å²) in [6, 6.07) is 10.3. The van der Waals surface area contributed by atoms with Crippen LogP contribution in [-0.4, -0.2) is 14.6 Å². The van der Waals surface area contributed by atoms with E-state index in [0.29, 0.717) is 0 Å². The fourth-order valence-electron chi connectivity index (χ4n) is 3.12. The van der Waals surface area contributed by atoms with Crippen molar-refractivity contribution in [3.05, 3.63) is 59.0 Å². The Hall–Kier alpha value is -1.74. The largest absolute Gasteiger partial charge is 0.296 e. The van der Waals surface area contributed by atoms with Gasteiger partial charge >= 0.3 is 0 Å². The summed E-state index contributed by atoms with van der Waals surface area (Å²) in [5.74, 6) is 0. The fraction of sp³-hybridized carbons (Fsp3) is 0.267. The van der Waals surface area contributed by atoms with Crippen LogP contribution in [0.15, 0.2) is 42.7 Å². The van der Waals surface area contributed by atoms with E-state index in [1.54, 1.807) is 6.20 Å². The van der Waals surface area contributed by atoms with E-state index < -0.39 is 0 Å². The van der Waals surface area contributed by atoms with Gasteiger partial charge in [-0.15, -0.1) is 0 Å². The number of imidazole rings is 1. The maximum Gasteiger partial charge on any atom is 0.153 e. The van der Waals surface area contributed by atoms with Crippen molar-refractivity contribution >= 4 is 17.2 Å². The highest BCUT2D eigenvalue weighted by atomic mass is 35.5. The standard InChI is InChI=1S/C15H14ClN3/c16-12-5-2-1-4-11(12)15(6-3-7-15)13-10-14-17-8-9-19(14)18-13/h1-2,4-5,8-10,18H,3,6-7H2. The third-order valence-corrected chi connectivity index (χ3v) is 4.63. The highest BCUT2D eigenvalue weighted by molar-refractivity contribution is 6.31. The van der Waals surface area contributed by atoms with Crippen LogP contribution in [0.5, 0.6) is 0 Å². The first-order chi connectivity index (χ1) is 9.29. The smallest absolute Gasteiger partial charge is 0.153 e. The van der Waals surface area contributed by atoms with Crippen molar-refractivity contribution in [2.24, 2.45) is 0 Å². The molecule has 2 aromatic heterocycles. The van der Waals surface area contributed by atoms with E-state index in [1.165, 1.54) is 17.7 Å². The Balaban J connectivity index is 1.90. The predicted molar refractivity (Wildman–Crippen MR) is 75.6 cm³/mol. The molecule has 4 heteroatoms. The van der Waals surface area contributed by atoms with E-state index in [4.69, 9.17) is 11.6 Å². The highest BCUT2D eigenvalue weighted by Gasteiger charge is 2.43. The SMILES string of the molecule is Clc1ccccc1C1(c2cc3nccn3[nH]2)CCC1. The Labute approximate surface area is 116 Å². The molecule has 1 N–H and O–H groups in total. The Morgan fingerprint density at radius 3 is 2.79 bits per heavy atom. The van der Waals surface area contributed by atoms with E-state index in [0.717, 1.165) is 23.5 Å². The third kappa shape index (κ3) is 1.48. The number of hydrogen-bond acceptors (Lipinski definition) is 1. The zero-order valence-corrected chi connectivity index (χ0v) is 11.2. The van der Waals surface area contributed by atoms with Crippen LogP contribution in [-0.2, 0) is 5.41 Å². The van der Waals surface area contributed by atoms with Crippen molar-refractivity contribution < 1.29 is 0 Å². The summed E-state index contributed by atoms with van der Waals surface area (Å²) in [5.41, 5.74) is 3.45. The Kier molecular flexibility index (Phi) is 2.27. The summed E-state index contributed by atoms with van der Waals surface area (Å²) in [7, 11) is 0. The van der Waals surface area contributed by atoms with Gasteiger partial charge in [-0.2, -0.15) is 0 Å². The monoisotopic (exact) mass is 271 g/mol. The molecule has 0 saturated heterocycles. The Morgan fingerprint density at radius 2 is 2.11 bits per heavy atom. The highest BCUT2D eigenvalue weighted by Crippen LogP contribution is 2.50. The van der Waals surface area contributed by atoms with Crippen LogP contribution in [0.2, 0.25) is 5.02 Å². The van der Waals surface area contributed by atoms with Gasteiger partial charge in [0, 0.05) is 34.6 Å². The first-order valence-electron chi connectivity index (χ1n) is 6.57. The number of rotatable bonds is 2. The normalized spacial score (nSPS) is 17.5. The lowest BCUT2D eigenvalue weighted by molar-refractivity contribution is 0.293. The van der Waals surface area contributed by atoms with Gasteiger partial charge in [-0.05, 0) is 24.5 Å². The summed E-state index contributed by atoms with van der Waals surface area (Å²) in [4.78, 5) is 4.33. The molecule has 0 radical (unpaired) electrons. The topological polar surface area (TPSA) is 33.1 Å². The molecule has 3 aromatic rings. The van der Waals surface area contributed by atoms with Crippen LogP contribution in [0.25, 0.3) is 5.65 Å². The molecule has 0 amide bonds. The second kappa shape index (κ2) is 3.87. The van der Waals surface area contributed by atoms with Crippen LogP contribution in [0.3, 0.4) is 0 Å². The number of nitrogens with one attached hydrogen (secondary N) is 1.